The number of benzene rings is 2. The van der Waals surface area contributed by atoms with Crippen LogP contribution in [0.3, 0.4) is 0 Å². The number of nitrogens with one attached hydrogen (secondary N) is 1. The third kappa shape index (κ3) is 5.93. The quantitative estimate of drug-likeness (QED) is 0.534. The standard InChI is InChI=1S/C20H20BrF2NO3S/c21-14-7-8-17(27-20(22)23)13(10-14)11-24-19(25)16-5-1-2-6-18(16)28-12-15-4-3-9-26-15/h1-2,5-8,10,15,20H,3-4,9,11-12H2,(H,24,25). The van der Waals surface area contributed by atoms with E-state index in [1.807, 2.05) is 12.1 Å². The van der Waals surface area contributed by atoms with Crippen molar-refractivity contribution in [3.05, 3.63) is 58.1 Å². The van der Waals surface area contributed by atoms with Gasteiger partial charge < -0.3 is 14.8 Å². The summed E-state index contributed by atoms with van der Waals surface area (Å²) in [5.41, 5.74) is 1.02. The van der Waals surface area contributed by atoms with Gasteiger partial charge in [0.25, 0.3) is 5.91 Å². The van der Waals surface area contributed by atoms with Crippen LogP contribution in [-0.2, 0) is 11.3 Å². The molecule has 1 fully saturated rings. The van der Waals surface area contributed by atoms with Gasteiger partial charge in [0.1, 0.15) is 5.75 Å². The van der Waals surface area contributed by atoms with Gasteiger partial charge in [-0.1, -0.05) is 28.1 Å². The Morgan fingerprint density at radius 1 is 1.32 bits per heavy atom. The molecular weight excluding hydrogens is 452 g/mol. The highest BCUT2D eigenvalue weighted by Gasteiger charge is 2.18. The maximum absolute atomic E-state index is 12.7. The minimum absolute atomic E-state index is 0.0412. The fourth-order valence-corrected chi connectivity index (χ4v) is 4.43. The SMILES string of the molecule is O=C(NCc1cc(Br)ccc1OC(F)F)c1ccccc1SCC1CCCO1. The number of thioether (sulfide) groups is 1. The Balaban J connectivity index is 1.66. The molecule has 1 N–H and O–H groups in total. The molecule has 150 valence electrons. The van der Waals surface area contributed by atoms with Crippen LogP contribution < -0.4 is 10.1 Å². The Morgan fingerprint density at radius 3 is 2.89 bits per heavy atom. The van der Waals surface area contributed by atoms with Crippen LogP contribution >= 0.6 is 27.7 Å². The molecule has 4 nitrogen and oxygen atoms in total. The highest BCUT2D eigenvalue weighted by molar-refractivity contribution is 9.10. The fourth-order valence-electron chi connectivity index (χ4n) is 2.91. The number of hydrogen-bond donors (Lipinski definition) is 1. The molecule has 3 rings (SSSR count). The monoisotopic (exact) mass is 471 g/mol. The van der Waals surface area contributed by atoms with Gasteiger partial charge in [0.05, 0.1) is 11.7 Å². The second-order valence-electron chi connectivity index (χ2n) is 6.26. The number of alkyl halides is 2. The molecule has 0 aromatic heterocycles. The number of halogens is 3. The van der Waals surface area contributed by atoms with Crippen molar-refractivity contribution in [1.82, 2.24) is 5.32 Å². The van der Waals surface area contributed by atoms with E-state index in [0.717, 1.165) is 30.1 Å². The lowest BCUT2D eigenvalue weighted by molar-refractivity contribution is -0.0504. The zero-order valence-electron chi connectivity index (χ0n) is 15.0. The normalized spacial score (nSPS) is 16.4. The number of carbonyl (C=O) groups excluding carboxylic acids is 1. The van der Waals surface area contributed by atoms with Crippen LogP contribution in [0.4, 0.5) is 8.78 Å². The van der Waals surface area contributed by atoms with Crippen LogP contribution in [0.15, 0.2) is 51.8 Å². The first kappa shape index (κ1) is 21.1. The topological polar surface area (TPSA) is 47.6 Å². The molecule has 2 aromatic carbocycles. The summed E-state index contributed by atoms with van der Waals surface area (Å²) >= 11 is 4.90. The minimum atomic E-state index is -2.93. The summed E-state index contributed by atoms with van der Waals surface area (Å²) in [6, 6.07) is 12.1. The molecule has 28 heavy (non-hydrogen) atoms. The smallest absolute Gasteiger partial charge is 0.387 e. The lowest BCUT2D eigenvalue weighted by Crippen LogP contribution is -2.24. The largest absolute Gasteiger partial charge is 0.434 e. The first-order valence-corrected chi connectivity index (χ1v) is 10.7. The van der Waals surface area contributed by atoms with Crippen molar-refractivity contribution in [2.75, 3.05) is 12.4 Å². The molecule has 1 atom stereocenters. The van der Waals surface area contributed by atoms with E-state index in [1.165, 1.54) is 6.07 Å². The number of amides is 1. The van der Waals surface area contributed by atoms with Crippen LogP contribution in [0, 0.1) is 0 Å². The highest BCUT2D eigenvalue weighted by atomic mass is 79.9. The Kier molecular flexibility index (Phi) is 7.70. The van der Waals surface area contributed by atoms with Gasteiger partial charge in [-0.25, -0.2) is 0 Å². The number of rotatable bonds is 8. The van der Waals surface area contributed by atoms with Gasteiger partial charge in [0.15, 0.2) is 0 Å². The van der Waals surface area contributed by atoms with E-state index in [1.54, 1.807) is 36.0 Å². The van der Waals surface area contributed by atoms with Gasteiger partial charge in [-0.3, -0.25) is 4.79 Å². The summed E-state index contributed by atoms with van der Waals surface area (Å²) in [6.07, 6.45) is 2.33. The van der Waals surface area contributed by atoms with Crippen molar-refractivity contribution in [3.8, 4) is 5.75 Å². The molecule has 0 spiro atoms. The molecule has 2 aromatic rings. The average molecular weight is 472 g/mol. The van der Waals surface area contributed by atoms with E-state index in [0.29, 0.717) is 15.6 Å². The fraction of sp³-hybridized carbons (Fsp3) is 0.350. The van der Waals surface area contributed by atoms with E-state index in [4.69, 9.17) is 4.74 Å². The van der Waals surface area contributed by atoms with Gasteiger partial charge in [0, 0.05) is 33.8 Å². The molecular formula is C20H20BrF2NO3S. The van der Waals surface area contributed by atoms with Crippen molar-refractivity contribution in [3.63, 3.8) is 0 Å². The summed E-state index contributed by atoms with van der Waals surface area (Å²) in [5, 5.41) is 2.80. The summed E-state index contributed by atoms with van der Waals surface area (Å²) < 4.78 is 36.1. The second-order valence-corrected chi connectivity index (χ2v) is 8.23. The molecule has 0 radical (unpaired) electrons. The Hall–Kier alpha value is -1.64. The summed E-state index contributed by atoms with van der Waals surface area (Å²) in [4.78, 5) is 13.6. The molecule has 1 aliphatic heterocycles. The molecule has 1 aliphatic rings. The number of carbonyl (C=O) groups is 1. The van der Waals surface area contributed by atoms with Crippen LogP contribution in [0.5, 0.6) is 5.75 Å². The third-order valence-corrected chi connectivity index (χ3v) is 5.96. The van der Waals surface area contributed by atoms with Gasteiger partial charge in [-0.2, -0.15) is 8.78 Å². The van der Waals surface area contributed by atoms with Crippen molar-refractivity contribution in [1.29, 1.82) is 0 Å². The number of hydrogen-bond acceptors (Lipinski definition) is 4. The van der Waals surface area contributed by atoms with Gasteiger partial charge in [0.2, 0.25) is 0 Å². The molecule has 1 heterocycles. The lowest BCUT2D eigenvalue weighted by Gasteiger charge is -2.14. The second kappa shape index (κ2) is 10.2. The molecule has 1 unspecified atom stereocenters. The Morgan fingerprint density at radius 2 is 2.14 bits per heavy atom. The van der Waals surface area contributed by atoms with Crippen molar-refractivity contribution < 1.29 is 23.0 Å². The average Bonchev–Trinajstić information content (AvgIpc) is 3.20. The van der Waals surface area contributed by atoms with Gasteiger partial charge in [-0.15, -0.1) is 11.8 Å². The van der Waals surface area contributed by atoms with Gasteiger partial charge in [-0.05, 0) is 43.2 Å². The van der Waals surface area contributed by atoms with Gasteiger partial charge >= 0.3 is 6.61 Å². The third-order valence-electron chi connectivity index (χ3n) is 4.26. The molecule has 0 bridgehead atoms. The maximum Gasteiger partial charge on any atom is 0.387 e. The van der Waals surface area contributed by atoms with E-state index < -0.39 is 6.61 Å². The summed E-state index contributed by atoms with van der Waals surface area (Å²) in [6.45, 7) is -2.06. The van der Waals surface area contributed by atoms with E-state index in [9.17, 15) is 13.6 Å². The predicted octanol–water partition coefficient (Wildman–Crippen LogP) is 5.25. The van der Waals surface area contributed by atoms with E-state index in [-0.39, 0.29) is 24.3 Å². The predicted molar refractivity (Wildman–Crippen MR) is 108 cm³/mol. The first-order valence-electron chi connectivity index (χ1n) is 8.88. The van der Waals surface area contributed by atoms with Crippen molar-refractivity contribution >= 4 is 33.6 Å². The maximum atomic E-state index is 12.7. The molecule has 8 heteroatoms. The lowest BCUT2D eigenvalue weighted by atomic mass is 10.1. The zero-order chi connectivity index (χ0) is 19.9. The molecule has 1 saturated heterocycles. The van der Waals surface area contributed by atoms with Crippen LogP contribution in [0.2, 0.25) is 0 Å². The Labute approximate surface area is 175 Å². The van der Waals surface area contributed by atoms with Crippen molar-refractivity contribution in [2.24, 2.45) is 0 Å². The van der Waals surface area contributed by atoms with Crippen LogP contribution in [-0.4, -0.2) is 31.0 Å². The zero-order valence-corrected chi connectivity index (χ0v) is 17.4. The van der Waals surface area contributed by atoms with E-state index >= 15 is 0 Å². The van der Waals surface area contributed by atoms with Crippen LogP contribution in [0.25, 0.3) is 0 Å². The summed E-state index contributed by atoms with van der Waals surface area (Å²) in [7, 11) is 0. The first-order chi connectivity index (χ1) is 13.5. The molecule has 1 amide bonds. The van der Waals surface area contributed by atoms with E-state index in [2.05, 4.69) is 26.0 Å². The van der Waals surface area contributed by atoms with Crippen LogP contribution in [0.1, 0.15) is 28.8 Å². The molecule has 0 aliphatic carbocycles. The number of ether oxygens (including phenoxy) is 2. The highest BCUT2D eigenvalue weighted by Crippen LogP contribution is 2.28. The molecule has 0 saturated carbocycles. The van der Waals surface area contributed by atoms with Crippen molar-refractivity contribution in [2.45, 2.75) is 37.0 Å². The Bertz CT molecular complexity index is 816. The minimum Gasteiger partial charge on any atom is -0.434 e. The summed E-state index contributed by atoms with van der Waals surface area (Å²) in [5.74, 6) is 0.570.